The van der Waals surface area contributed by atoms with Crippen LogP contribution < -0.4 is 5.32 Å². The number of carbonyl (C=O) groups is 1. The molecule has 0 spiro atoms. The molecule has 0 radical (unpaired) electrons. The summed E-state index contributed by atoms with van der Waals surface area (Å²) in [4.78, 5) is 12.5. The molecule has 1 heterocycles. The smallest absolute Gasteiger partial charge is 0.266 e. The Labute approximate surface area is 186 Å². The Kier molecular flexibility index (Phi) is 6.37. The van der Waals surface area contributed by atoms with Crippen LogP contribution in [0.3, 0.4) is 0 Å². The molecular formula is C22H17BrIN3O. The third-order valence-electron chi connectivity index (χ3n) is 4.32. The minimum Gasteiger partial charge on any atom is -0.321 e. The van der Waals surface area contributed by atoms with Crippen LogP contribution in [0.15, 0.2) is 64.6 Å². The number of amides is 1. The lowest BCUT2D eigenvalue weighted by molar-refractivity contribution is -0.112. The van der Waals surface area contributed by atoms with E-state index in [-0.39, 0.29) is 5.57 Å². The van der Waals surface area contributed by atoms with E-state index in [1.54, 1.807) is 6.08 Å². The first-order valence-electron chi connectivity index (χ1n) is 8.52. The van der Waals surface area contributed by atoms with Crippen molar-refractivity contribution in [1.29, 1.82) is 5.26 Å². The molecule has 0 unspecified atom stereocenters. The summed E-state index contributed by atoms with van der Waals surface area (Å²) in [5.74, 6) is -0.419. The number of nitrogens with one attached hydrogen (secondary N) is 1. The number of nitrogens with zero attached hydrogens (tertiary/aromatic N) is 2. The van der Waals surface area contributed by atoms with Crippen molar-refractivity contribution < 1.29 is 4.79 Å². The van der Waals surface area contributed by atoms with Crippen molar-refractivity contribution in [2.45, 2.75) is 13.8 Å². The van der Waals surface area contributed by atoms with Gasteiger partial charge in [-0.05, 0) is 103 Å². The highest BCUT2D eigenvalue weighted by molar-refractivity contribution is 14.1. The summed E-state index contributed by atoms with van der Waals surface area (Å²) in [6.45, 7) is 3.98. The molecule has 0 atom stereocenters. The summed E-state index contributed by atoms with van der Waals surface area (Å²) in [6.07, 6.45) is 1.64. The predicted octanol–water partition coefficient (Wildman–Crippen LogP) is 6.01. The van der Waals surface area contributed by atoms with Gasteiger partial charge in [-0.1, -0.05) is 15.9 Å². The van der Waals surface area contributed by atoms with Crippen molar-refractivity contribution in [3.05, 3.63) is 85.2 Å². The average Bonchev–Trinajstić information content (AvgIpc) is 2.95. The van der Waals surface area contributed by atoms with Gasteiger partial charge in [-0.15, -0.1) is 0 Å². The molecule has 2 aromatic carbocycles. The zero-order valence-corrected chi connectivity index (χ0v) is 19.1. The highest BCUT2D eigenvalue weighted by Gasteiger charge is 2.14. The van der Waals surface area contributed by atoms with Crippen molar-refractivity contribution in [1.82, 2.24) is 4.57 Å². The molecule has 4 nitrogen and oxygen atoms in total. The topological polar surface area (TPSA) is 57.8 Å². The summed E-state index contributed by atoms with van der Waals surface area (Å²) >= 11 is 5.65. The Hall–Kier alpha value is -2.37. The lowest BCUT2D eigenvalue weighted by Crippen LogP contribution is -2.13. The van der Waals surface area contributed by atoms with Crippen LogP contribution in [0.2, 0.25) is 0 Å². The van der Waals surface area contributed by atoms with Crippen LogP contribution in [-0.2, 0) is 4.79 Å². The average molecular weight is 546 g/mol. The fraction of sp³-hybridized carbons (Fsp3) is 0.0909. The van der Waals surface area contributed by atoms with E-state index in [4.69, 9.17) is 0 Å². The Bertz CT molecular complexity index is 1090. The first-order chi connectivity index (χ1) is 13.4. The van der Waals surface area contributed by atoms with Gasteiger partial charge >= 0.3 is 0 Å². The molecule has 140 valence electrons. The Morgan fingerprint density at radius 2 is 1.79 bits per heavy atom. The van der Waals surface area contributed by atoms with Crippen molar-refractivity contribution >= 4 is 56.2 Å². The molecule has 3 rings (SSSR count). The van der Waals surface area contributed by atoms with Crippen LogP contribution in [0.4, 0.5) is 5.69 Å². The van der Waals surface area contributed by atoms with Crippen molar-refractivity contribution in [2.75, 3.05) is 5.32 Å². The van der Waals surface area contributed by atoms with E-state index < -0.39 is 5.91 Å². The number of aromatic nitrogens is 1. The van der Waals surface area contributed by atoms with E-state index in [2.05, 4.69) is 48.4 Å². The van der Waals surface area contributed by atoms with E-state index in [0.29, 0.717) is 5.69 Å². The van der Waals surface area contributed by atoms with Gasteiger partial charge in [0.25, 0.3) is 5.91 Å². The SMILES string of the molecule is Cc1cc(/C=C(\C#N)C(=O)Nc2ccc(I)cc2)c(C)n1-c1ccc(Br)cc1. The summed E-state index contributed by atoms with van der Waals surface area (Å²) < 4.78 is 4.19. The van der Waals surface area contributed by atoms with Crippen LogP contribution in [0.25, 0.3) is 11.8 Å². The normalized spacial score (nSPS) is 11.2. The molecule has 0 fully saturated rings. The molecule has 1 amide bonds. The van der Waals surface area contributed by atoms with Gasteiger partial charge in [0, 0.05) is 30.8 Å². The number of nitriles is 1. The van der Waals surface area contributed by atoms with Gasteiger partial charge in [-0.3, -0.25) is 4.79 Å². The lowest BCUT2D eigenvalue weighted by Gasteiger charge is -2.09. The van der Waals surface area contributed by atoms with E-state index in [0.717, 1.165) is 30.7 Å². The number of halogens is 2. The molecule has 0 bridgehead atoms. The summed E-state index contributed by atoms with van der Waals surface area (Å²) in [7, 11) is 0. The molecule has 28 heavy (non-hydrogen) atoms. The van der Waals surface area contributed by atoms with Gasteiger partial charge in [0.05, 0.1) is 0 Å². The Morgan fingerprint density at radius 1 is 1.14 bits per heavy atom. The maximum Gasteiger partial charge on any atom is 0.266 e. The van der Waals surface area contributed by atoms with Crippen LogP contribution >= 0.6 is 38.5 Å². The molecular weight excluding hydrogens is 529 g/mol. The first-order valence-corrected chi connectivity index (χ1v) is 10.4. The predicted molar refractivity (Wildman–Crippen MR) is 124 cm³/mol. The van der Waals surface area contributed by atoms with E-state index >= 15 is 0 Å². The highest BCUT2D eigenvalue weighted by atomic mass is 127. The Morgan fingerprint density at radius 3 is 2.39 bits per heavy atom. The largest absolute Gasteiger partial charge is 0.321 e. The van der Waals surface area contributed by atoms with Gasteiger partial charge in [0.1, 0.15) is 11.6 Å². The monoisotopic (exact) mass is 545 g/mol. The van der Waals surface area contributed by atoms with Gasteiger partial charge < -0.3 is 9.88 Å². The molecule has 0 saturated carbocycles. The van der Waals surface area contributed by atoms with E-state index in [1.807, 2.05) is 74.5 Å². The van der Waals surface area contributed by atoms with E-state index in [1.165, 1.54) is 0 Å². The zero-order valence-electron chi connectivity index (χ0n) is 15.3. The van der Waals surface area contributed by atoms with Crippen LogP contribution in [-0.4, -0.2) is 10.5 Å². The highest BCUT2D eigenvalue weighted by Crippen LogP contribution is 2.24. The van der Waals surface area contributed by atoms with Gasteiger partial charge in [0.15, 0.2) is 0 Å². The standard InChI is InChI=1S/C22H17BrIN3O/c1-14-11-16(15(2)27(14)21-9-3-18(23)4-10-21)12-17(13-25)22(28)26-20-7-5-19(24)6-8-20/h3-12H,1-2H3,(H,26,28)/b17-12+. The molecule has 1 aromatic heterocycles. The van der Waals surface area contributed by atoms with Crippen LogP contribution in [0.5, 0.6) is 0 Å². The van der Waals surface area contributed by atoms with Crippen LogP contribution in [0, 0.1) is 28.7 Å². The third-order valence-corrected chi connectivity index (χ3v) is 5.57. The zero-order chi connectivity index (χ0) is 20.3. The van der Waals surface area contributed by atoms with Crippen molar-refractivity contribution in [3.63, 3.8) is 0 Å². The maximum atomic E-state index is 12.5. The number of carbonyl (C=O) groups excluding carboxylic acids is 1. The molecule has 0 saturated heterocycles. The number of rotatable bonds is 4. The summed E-state index contributed by atoms with van der Waals surface area (Å²) in [5, 5.41) is 12.3. The second-order valence-electron chi connectivity index (χ2n) is 6.27. The summed E-state index contributed by atoms with van der Waals surface area (Å²) in [6, 6.07) is 19.4. The molecule has 1 N–H and O–H groups in total. The van der Waals surface area contributed by atoms with Gasteiger partial charge in [-0.2, -0.15) is 5.26 Å². The third kappa shape index (κ3) is 4.54. The number of hydrogen-bond donors (Lipinski definition) is 1. The number of aryl methyl sites for hydroxylation is 1. The quantitative estimate of drug-likeness (QED) is 0.248. The van der Waals surface area contributed by atoms with Gasteiger partial charge in [-0.25, -0.2) is 0 Å². The number of benzene rings is 2. The lowest BCUT2D eigenvalue weighted by atomic mass is 10.1. The minimum atomic E-state index is -0.419. The molecule has 3 aromatic rings. The molecule has 0 aliphatic heterocycles. The second-order valence-corrected chi connectivity index (χ2v) is 8.43. The van der Waals surface area contributed by atoms with E-state index in [9.17, 15) is 10.1 Å². The number of anilines is 1. The minimum absolute atomic E-state index is 0.0645. The number of hydrogen-bond acceptors (Lipinski definition) is 2. The van der Waals surface area contributed by atoms with Crippen molar-refractivity contribution in [2.24, 2.45) is 0 Å². The summed E-state index contributed by atoms with van der Waals surface area (Å²) in [5.41, 5.74) is 4.59. The maximum absolute atomic E-state index is 12.5. The van der Waals surface area contributed by atoms with Gasteiger partial charge in [0.2, 0.25) is 0 Å². The Balaban J connectivity index is 1.91. The fourth-order valence-corrected chi connectivity index (χ4v) is 3.58. The second kappa shape index (κ2) is 8.76. The molecule has 6 heteroatoms. The fourth-order valence-electron chi connectivity index (χ4n) is 2.96. The molecule has 0 aliphatic rings. The first kappa shape index (κ1) is 20.4. The molecule has 0 aliphatic carbocycles. The van der Waals surface area contributed by atoms with Crippen LogP contribution in [0.1, 0.15) is 17.0 Å². The van der Waals surface area contributed by atoms with Crippen molar-refractivity contribution in [3.8, 4) is 11.8 Å².